The number of likely N-dealkylation sites (N-methyl/N-ethyl adjacent to an activating group) is 1. The summed E-state index contributed by atoms with van der Waals surface area (Å²) in [5.74, 6) is -0.144. The highest BCUT2D eigenvalue weighted by molar-refractivity contribution is 7.10. The number of amidine groups is 1. The van der Waals surface area contributed by atoms with Crippen LogP contribution in [0.3, 0.4) is 0 Å². The summed E-state index contributed by atoms with van der Waals surface area (Å²) in [5, 5.41) is 4.11. The number of nitrogens with one attached hydrogen (secondary N) is 2. The van der Waals surface area contributed by atoms with Crippen molar-refractivity contribution in [2.45, 2.75) is 6.92 Å². The second-order valence-electron chi connectivity index (χ2n) is 9.20. The molecule has 1 aliphatic heterocycles. The van der Waals surface area contributed by atoms with Crippen LogP contribution in [0.2, 0.25) is 5.15 Å². The van der Waals surface area contributed by atoms with Crippen LogP contribution in [-0.4, -0.2) is 86.8 Å². The van der Waals surface area contributed by atoms with E-state index in [1.54, 1.807) is 24.4 Å². The lowest BCUT2D eigenvalue weighted by Crippen LogP contribution is -2.45. The van der Waals surface area contributed by atoms with Crippen LogP contribution < -0.4 is 16.6 Å². The van der Waals surface area contributed by atoms with Gasteiger partial charge < -0.3 is 16.0 Å². The number of fused-ring (bicyclic) bond motifs is 1. The topological polar surface area (TPSA) is 138 Å². The van der Waals surface area contributed by atoms with Crippen LogP contribution in [-0.2, 0) is 0 Å². The molecule has 38 heavy (non-hydrogen) atoms. The molecule has 0 amide bonds. The molecule has 0 aliphatic carbocycles. The number of hydrogen-bond donors (Lipinski definition) is 3. The van der Waals surface area contributed by atoms with Gasteiger partial charge in [-0.3, -0.25) is 33.4 Å². The number of pyridine rings is 2. The monoisotopic (exact) mass is 553 g/mol. The molecule has 0 unspecified atom stereocenters. The lowest BCUT2D eigenvalue weighted by Gasteiger charge is -2.31. The number of nitrogens with zero attached hydrogens (tertiary/aromatic N) is 6. The molecule has 1 fully saturated rings. The van der Waals surface area contributed by atoms with Crippen molar-refractivity contribution in [2.24, 2.45) is 10.7 Å². The Labute approximate surface area is 228 Å². The zero-order chi connectivity index (χ0) is 26.8. The van der Waals surface area contributed by atoms with Crippen molar-refractivity contribution in [1.29, 1.82) is 0 Å². The Balaban J connectivity index is 1.32. The van der Waals surface area contributed by atoms with Crippen LogP contribution in [0.5, 0.6) is 0 Å². The van der Waals surface area contributed by atoms with E-state index in [0.717, 1.165) is 49.8 Å². The smallest absolute Gasteiger partial charge is 0.281 e. The van der Waals surface area contributed by atoms with E-state index in [0.29, 0.717) is 33.4 Å². The van der Waals surface area contributed by atoms with Crippen LogP contribution in [0, 0.1) is 6.92 Å². The van der Waals surface area contributed by atoms with E-state index >= 15 is 0 Å². The molecule has 4 aromatic rings. The minimum absolute atomic E-state index is 0.176. The van der Waals surface area contributed by atoms with Crippen molar-refractivity contribution in [3.63, 3.8) is 0 Å². The number of halogens is 1. The number of piperazine rings is 1. The Morgan fingerprint density at radius 3 is 2.84 bits per heavy atom. The molecule has 0 saturated carbocycles. The first-order valence-electron chi connectivity index (χ1n) is 12.1. The minimum atomic E-state index is -0.320. The first kappa shape index (κ1) is 26.0. The van der Waals surface area contributed by atoms with Gasteiger partial charge in [-0.05, 0) is 55.3 Å². The highest BCUT2D eigenvalue weighted by Gasteiger charge is 2.18. The van der Waals surface area contributed by atoms with Crippen LogP contribution in [0.1, 0.15) is 21.6 Å². The molecule has 0 bridgehead atoms. The molecule has 0 atom stereocenters. The van der Waals surface area contributed by atoms with E-state index in [9.17, 15) is 9.59 Å². The third-order valence-corrected chi connectivity index (χ3v) is 7.69. The van der Waals surface area contributed by atoms with E-state index < -0.39 is 0 Å². The number of aryl methyl sites for hydroxylation is 1. The number of carbonyl (C=O) groups is 1. The van der Waals surface area contributed by atoms with Crippen molar-refractivity contribution >= 4 is 56.6 Å². The second-order valence-corrected chi connectivity index (χ2v) is 10.4. The number of hydrogen-bond acceptors (Lipinski definition) is 9. The van der Waals surface area contributed by atoms with Gasteiger partial charge in [0.25, 0.3) is 11.5 Å². The van der Waals surface area contributed by atoms with Gasteiger partial charge in [-0.25, -0.2) is 4.98 Å². The summed E-state index contributed by atoms with van der Waals surface area (Å²) in [6.45, 7) is 7.15. The van der Waals surface area contributed by atoms with Gasteiger partial charge in [-0.15, -0.1) is 0 Å². The summed E-state index contributed by atoms with van der Waals surface area (Å²) in [6.07, 6.45) is 3.18. The average molecular weight is 554 g/mol. The van der Waals surface area contributed by atoms with Crippen molar-refractivity contribution in [3.05, 3.63) is 69.0 Å². The minimum Gasteiger partial charge on any atom is -0.383 e. The molecule has 5 rings (SSSR count). The molecule has 4 aromatic heterocycles. The Kier molecular flexibility index (Phi) is 7.56. The van der Waals surface area contributed by atoms with Gasteiger partial charge in [-0.1, -0.05) is 11.6 Å². The molecular formula is C25H28ClN9O2S. The van der Waals surface area contributed by atoms with E-state index in [4.69, 9.17) is 17.3 Å². The fourth-order valence-electron chi connectivity index (χ4n) is 4.27. The highest BCUT2D eigenvalue weighted by atomic mass is 35.5. The molecule has 1 saturated heterocycles. The van der Waals surface area contributed by atoms with Gasteiger partial charge in [0.05, 0.1) is 17.6 Å². The number of aromatic nitrogens is 4. The van der Waals surface area contributed by atoms with Crippen molar-refractivity contribution in [3.8, 4) is 0 Å². The normalized spacial score (nSPS) is 15.3. The number of aromatic amines is 1. The SMILES string of the molecule is Cc1cc2c(ccn2C(=O)c2cc(Nc3s[nH]c(=O)c3C(N)=NCCN3CCN(C)CC3)ccn2)nc1Cl. The Hall–Kier alpha value is -3.58. The van der Waals surface area contributed by atoms with Crippen LogP contribution in [0.15, 0.2) is 46.4 Å². The highest BCUT2D eigenvalue weighted by Crippen LogP contribution is 2.24. The lowest BCUT2D eigenvalue weighted by atomic mass is 10.2. The zero-order valence-electron chi connectivity index (χ0n) is 21.1. The Morgan fingerprint density at radius 1 is 1.26 bits per heavy atom. The largest absolute Gasteiger partial charge is 0.383 e. The first-order valence-corrected chi connectivity index (χ1v) is 13.3. The van der Waals surface area contributed by atoms with Crippen molar-refractivity contribution in [1.82, 2.24) is 28.7 Å². The number of anilines is 2. The standard InChI is InChI=1S/C25H28ClN9O2S/c1-15-13-19-17(31-21(15)26)4-7-35(19)25(37)18-14-16(3-5-28-18)30-24-20(23(36)32-38-24)22(27)29-6-8-34-11-9-33(2)10-12-34/h3-5,7,13-14H,6,8-12H2,1-2H3,(H2,27,29)(H,28,30)(H,32,36). The molecule has 0 aromatic carbocycles. The van der Waals surface area contributed by atoms with Gasteiger partial charge in [0.1, 0.15) is 27.2 Å². The van der Waals surface area contributed by atoms with Crippen LogP contribution >= 0.6 is 23.1 Å². The fourth-order valence-corrected chi connectivity index (χ4v) is 5.18. The summed E-state index contributed by atoms with van der Waals surface area (Å²) < 4.78 is 4.20. The van der Waals surface area contributed by atoms with E-state index in [2.05, 4.69) is 41.5 Å². The van der Waals surface area contributed by atoms with Crippen LogP contribution in [0.4, 0.5) is 10.7 Å². The number of carbonyl (C=O) groups excluding carboxylic acids is 1. The molecular weight excluding hydrogens is 526 g/mol. The lowest BCUT2D eigenvalue weighted by molar-refractivity contribution is 0.0960. The molecule has 13 heteroatoms. The molecule has 0 spiro atoms. The van der Waals surface area contributed by atoms with Gasteiger partial charge in [-0.2, -0.15) is 0 Å². The predicted molar refractivity (Wildman–Crippen MR) is 151 cm³/mol. The third-order valence-electron chi connectivity index (χ3n) is 6.51. The Bertz CT molecular complexity index is 1570. The summed E-state index contributed by atoms with van der Waals surface area (Å²) >= 11 is 7.25. The second kappa shape index (κ2) is 11.0. The van der Waals surface area contributed by atoms with Gasteiger partial charge in [0.15, 0.2) is 0 Å². The van der Waals surface area contributed by atoms with E-state index in [-0.39, 0.29) is 28.6 Å². The van der Waals surface area contributed by atoms with E-state index in [1.165, 1.54) is 10.8 Å². The molecule has 4 N–H and O–H groups in total. The van der Waals surface area contributed by atoms with Crippen molar-refractivity contribution in [2.75, 3.05) is 51.6 Å². The van der Waals surface area contributed by atoms with E-state index in [1.807, 2.05) is 13.0 Å². The van der Waals surface area contributed by atoms with Crippen LogP contribution in [0.25, 0.3) is 11.0 Å². The van der Waals surface area contributed by atoms with Gasteiger partial charge in [0, 0.05) is 50.8 Å². The average Bonchev–Trinajstić information content (AvgIpc) is 3.47. The predicted octanol–water partition coefficient (Wildman–Crippen LogP) is 2.53. The molecule has 0 radical (unpaired) electrons. The summed E-state index contributed by atoms with van der Waals surface area (Å²) in [5.41, 5.74) is 9.04. The summed E-state index contributed by atoms with van der Waals surface area (Å²) in [7, 11) is 2.11. The fraction of sp³-hybridized carbons (Fsp3) is 0.320. The summed E-state index contributed by atoms with van der Waals surface area (Å²) in [6, 6.07) is 6.89. The number of H-pyrrole nitrogens is 1. The Morgan fingerprint density at radius 2 is 2.05 bits per heavy atom. The maximum Gasteiger partial charge on any atom is 0.281 e. The molecule has 5 heterocycles. The molecule has 198 valence electrons. The first-order chi connectivity index (χ1) is 18.3. The molecule has 11 nitrogen and oxygen atoms in total. The summed E-state index contributed by atoms with van der Waals surface area (Å²) in [4.78, 5) is 43.5. The quantitative estimate of drug-likeness (QED) is 0.180. The third kappa shape index (κ3) is 5.48. The maximum absolute atomic E-state index is 13.3. The van der Waals surface area contributed by atoms with Crippen molar-refractivity contribution < 1.29 is 4.79 Å². The molecule has 1 aliphatic rings. The van der Waals surface area contributed by atoms with Gasteiger partial charge in [0.2, 0.25) is 0 Å². The number of rotatable bonds is 7. The number of nitrogens with two attached hydrogens (primary N) is 1. The zero-order valence-corrected chi connectivity index (χ0v) is 22.6. The van der Waals surface area contributed by atoms with Gasteiger partial charge >= 0.3 is 0 Å². The maximum atomic E-state index is 13.3. The number of aliphatic imine (C=N–C) groups is 1.